The number of rotatable bonds is 15. The van der Waals surface area contributed by atoms with Crippen LogP contribution in [0, 0.1) is 5.92 Å². The predicted molar refractivity (Wildman–Crippen MR) is 173 cm³/mol. The highest BCUT2D eigenvalue weighted by molar-refractivity contribution is 6.30. The first kappa shape index (κ1) is 36.1. The lowest BCUT2D eigenvalue weighted by molar-refractivity contribution is -0.172. The molecule has 0 aromatic heterocycles. The van der Waals surface area contributed by atoms with Crippen molar-refractivity contribution in [3.8, 4) is 0 Å². The Morgan fingerprint density at radius 2 is 1.62 bits per heavy atom. The number of carbonyl (C=O) groups excluding carboxylic acids is 4. The maximum Gasteiger partial charge on any atom is 0.408 e. The van der Waals surface area contributed by atoms with Crippen LogP contribution >= 0.6 is 23.2 Å². The quantitative estimate of drug-likeness (QED) is 0.242. The lowest BCUT2D eigenvalue weighted by atomic mass is 9.84. The van der Waals surface area contributed by atoms with E-state index in [-0.39, 0.29) is 31.3 Å². The predicted octanol–water partition coefficient (Wildman–Crippen LogP) is 5.54. The molecule has 2 aromatic carbocycles. The number of nitrogens with one attached hydrogen (secondary N) is 2. The number of halogens is 2. The molecular weight excluding hydrogens is 619 g/mol. The van der Waals surface area contributed by atoms with Gasteiger partial charge in [0.15, 0.2) is 0 Å². The van der Waals surface area contributed by atoms with Crippen molar-refractivity contribution in [3.63, 3.8) is 0 Å². The summed E-state index contributed by atoms with van der Waals surface area (Å²) in [7, 11) is 4.48. The monoisotopic (exact) mass is 662 g/mol. The summed E-state index contributed by atoms with van der Waals surface area (Å²) >= 11 is 12.0. The minimum atomic E-state index is -1.05. The van der Waals surface area contributed by atoms with Crippen molar-refractivity contribution in [1.29, 1.82) is 0 Å². The van der Waals surface area contributed by atoms with Gasteiger partial charge in [0.1, 0.15) is 18.7 Å². The van der Waals surface area contributed by atoms with Crippen molar-refractivity contribution in [2.24, 2.45) is 5.92 Å². The lowest BCUT2D eigenvalue weighted by Gasteiger charge is -2.29. The third-order valence-electron chi connectivity index (χ3n) is 8.08. The average molecular weight is 664 g/mol. The Balaban J connectivity index is 1.64. The van der Waals surface area contributed by atoms with Gasteiger partial charge in [-0.3, -0.25) is 19.2 Å². The first-order chi connectivity index (χ1) is 21.5. The molecule has 1 fully saturated rings. The van der Waals surface area contributed by atoms with Crippen LogP contribution in [0.1, 0.15) is 62.5 Å². The Hall–Kier alpha value is -3.34. The van der Waals surface area contributed by atoms with Gasteiger partial charge in [0.2, 0.25) is 11.8 Å². The van der Waals surface area contributed by atoms with Gasteiger partial charge in [-0.15, -0.1) is 0 Å². The zero-order valence-corrected chi connectivity index (χ0v) is 27.7. The number of carbonyl (C=O) groups is 4. The van der Waals surface area contributed by atoms with Crippen molar-refractivity contribution < 1.29 is 28.8 Å². The van der Waals surface area contributed by atoms with Crippen LogP contribution in [-0.2, 0) is 37.0 Å². The summed E-state index contributed by atoms with van der Waals surface area (Å²) < 4.78 is 5.39. The molecule has 246 valence electrons. The standard InChI is InChI=1S/C33H44Cl2N4O6/c1-38(19-18-23-12-14-26(34)15-13-23)30(40)17-16-28(32(42)39(2)44-3)36-31(41)29(21-24-8-5-4-6-9-24)37-33(43)45-22-25-10-7-11-27(35)20-25/h7,10-15,20,24,28-29H,4-6,8-9,16-19,21-22H2,1-3H3,(H,36,41)(H,37,43)/t28-,29-/m0/s1. The van der Waals surface area contributed by atoms with Crippen LogP contribution in [0.2, 0.25) is 10.0 Å². The fraction of sp³-hybridized carbons (Fsp3) is 0.515. The van der Waals surface area contributed by atoms with Crippen LogP contribution in [0.25, 0.3) is 0 Å². The maximum absolute atomic E-state index is 13.6. The minimum absolute atomic E-state index is 0.0163. The van der Waals surface area contributed by atoms with Gasteiger partial charge >= 0.3 is 6.09 Å². The fourth-order valence-electron chi connectivity index (χ4n) is 5.32. The summed E-state index contributed by atoms with van der Waals surface area (Å²) in [6.07, 6.45) is 5.55. The van der Waals surface area contributed by atoms with E-state index in [0.29, 0.717) is 35.0 Å². The van der Waals surface area contributed by atoms with Gasteiger partial charge in [0, 0.05) is 37.1 Å². The molecule has 2 aromatic rings. The highest BCUT2D eigenvalue weighted by Gasteiger charge is 2.31. The van der Waals surface area contributed by atoms with Gasteiger partial charge in [0.05, 0.1) is 7.11 Å². The van der Waals surface area contributed by atoms with Crippen molar-refractivity contribution in [2.45, 2.75) is 76.5 Å². The molecule has 0 unspecified atom stereocenters. The van der Waals surface area contributed by atoms with Gasteiger partial charge in [-0.05, 0) is 60.6 Å². The fourth-order valence-corrected chi connectivity index (χ4v) is 5.66. The molecular formula is C33H44Cl2N4O6. The van der Waals surface area contributed by atoms with E-state index in [9.17, 15) is 19.2 Å². The van der Waals surface area contributed by atoms with E-state index >= 15 is 0 Å². The van der Waals surface area contributed by atoms with Crippen LogP contribution in [0.15, 0.2) is 48.5 Å². The van der Waals surface area contributed by atoms with Gasteiger partial charge in [0.25, 0.3) is 5.91 Å². The molecule has 12 heteroatoms. The van der Waals surface area contributed by atoms with Crippen LogP contribution in [-0.4, -0.2) is 73.6 Å². The van der Waals surface area contributed by atoms with Crippen molar-refractivity contribution in [2.75, 3.05) is 27.7 Å². The molecule has 3 rings (SSSR count). The Morgan fingerprint density at radius 3 is 2.29 bits per heavy atom. The molecule has 0 saturated heterocycles. The SMILES string of the molecule is CON(C)C(=O)[C@H](CCC(=O)N(C)CCc1ccc(Cl)cc1)NC(=O)[C@H](CC1CCCCC1)NC(=O)OCc1cccc(Cl)c1. The zero-order chi connectivity index (χ0) is 32.8. The molecule has 1 aliphatic carbocycles. The highest BCUT2D eigenvalue weighted by atomic mass is 35.5. The van der Waals surface area contributed by atoms with Crippen molar-refractivity contribution >= 4 is 47.0 Å². The van der Waals surface area contributed by atoms with Gasteiger partial charge in [-0.25, -0.2) is 9.86 Å². The molecule has 0 spiro atoms. The van der Waals surface area contributed by atoms with Crippen LogP contribution in [0.5, 0.6) is 0 Å². The molecule has 45 heavy (non-hydrogen) atoms. The second-order valence-corrected chi connectivity index (χ2v) is 12.3. The molecule has 4 amide bonds. The largest absolute Gasteiger partial charge is 0.445 e. The Bertz CT molecular complexity index is 1270. The molecule has 0 bridgehead atoms. The van der Waals surface area contributed by atoms with Crippen LogP contribution in [0.4, 0.5) is 4.79 Å². The summed E-state index contributed by atoms with van der Waals surface area (Å²) in [5.41, 5.74) is 1.76. The normalized spacial score (nSPS) is 14.6. The Labute approximate surface area is 275 Å². The number of benzene rings is 2. The third kappa shape index (κ3) is 12.5. The molecule has 0 radical (unpaired) electrons. The topological polar surface area (TPSA) is 117 Å². The van der Waals surface area contributed by atoms with E-state index in [1.807, 2.05) is 12.1 Å². The molecule has 0 heterocycles. The van der Waals surface area contributed by atoms with Crippen LogP contribution in [0.3, 0.4) is 0 Å². The van der Waals surface area contributed by atoms with E-state index in [1.54, 1.807) is 48.3 Å². The van der Waals surface area contributed by atoms with Gasteiger partial charge in [-0.2, -0.15) is 0 Å². The lowest BCUT2D eigenvalue weighted by Crippen LogP contribution is -2.54. The number of ether oxygens (including phenoxy) is 1. The van der Waals surface area contributed by atoms with E-state index in [4.69, 9.17) is 32.8 Å². The first-order valence-electron chi connectivity index (χ1n) is 15.3. The van der Waals surface area contributed by atoms with E-state index in [1.165, 1.54) is 14.2 Å². The zero-order valence-electron chi connectivity index (χ0n) is 26.2. The van der Waals surface area contributed by atoms with Crippen molar-refractivity contribution in [1.82, 2.24) is 20.6 Å². The number of nitrogens with zero attached hydrogens (tertiary/aromatic N) is 2. The minimum Gasteiger partial charge on any atom is -0.445 e. The number of hydroxylamine groups is 2. The average Bonchev–Trinajstić information content (AvgIpc) is 3.04. The maximum atomic E-state index is 13.6. The second kappa shape index (κ2) is 18.6. The first-order valence-corrected chi connectivity index (χ1v) is 16.1. The molecule has 10 nitrogen and oxygen atoms in total. The van der Waals surface area contributed by atoms with E-state index in [0.717, 1.165) is 42.7 Å². The Morgan fingerprint density at radius 1 is 0.911 bits per heavy atom. The van der Waals surface area contributed by atoms with Gasteiger partial charge in [-0.1, -0.05) is 79.6 Å². The molecule has 1 saturated carbocycles. The Kier molecular flexibility index (Phi) is 14.9. The summed E-state index contributed by atoms with van der Waals surface area (Å²) in [5.74, 6) is -0.957. The van der Waals surface area contributed by atoms with Gasteiger partial charge < -0.3 is 20.3 Å². The molecule has 2 N–H and O–H groups in total. The third-order valence-corrected chi connectivity index (χ3v) is 8.57. The molecule has 1 aliphatic rings. The summed E-state index contributed by atoms with van der Waals surface area (Å²) in [6, 6.07) is 12.4. The number of hydrogen-bond donors (Lipinski definition) is 2. The smallest absolute Gasteiger partial charge is 0.408 e. The van der Waals surface area contributed by atoms with E-state index in [2.05, 4.69) is 10.6 Å². The second-order valence-electron chi connectivity index (χ2n) is 11.5. The number of hydrogen-bond acceptors (Lipinski definition) is 6. The number of likely N-dealkylation sites (N-methyl/N-ethyl adjacent to an activating group) is 2. The summed E-state index contributed by atoms with van der Waals surface area (Å²) in [4.78, 5) is 59.3. The molecule has 0 aliphatic heterocycles. The number of alkyl carbamates (subject to hydrolysis) is 1. The summed E-state index contributed by atoms with van der Waals surface area (Å²) in [6.45, 7) is 0.464. The summed E-state index contributed by atoms with van der Waals surface area (Å²) in [5, 5.41) is 7.68. The van der Waals surface area contributed by atoms with Crippen LogP contribution < -0.4 is 10.6 Å². The molecule has 2 atom stereocenters. The van der Waals surface area contributed by atoms with E-state index < -0.39 is 30.0 Å². The van der Waals surface area contributed by atoms with Crippen molar-refractivity contribution in [3.05, 3.63) is 69.7 Å². The number of amides is 4. The highest BCUT2D eigenvalue weighted by Crippen LogP contribution is 2.27.